The molecule has 5 nitrogen and oxygen atoms in total. The van der Waals surface area contributed by atoms with Crippen LogP contribution in [-0.4, -0.2) is 43.5 Å². The number of nitrogens with two attached hydrogens (primary N) is 1. The van der Waals surface area contributed by atoms with E-state index >= 15 is 0 Å². The van der Waals surface area contributed by atoms with Gasteiger partial charge in [0.25, 0.3) is 0 Å². The Kier molecular flexibility index (Phi) is 3.83. The summed E-state index contributed by atoms with van der Waals surface area (Å²) in [6.45, 7) is 6.91. The summed E-state index contributed by atoms with van der Waals surface area (Å²) in [6, 6.07) is 6.28. The summed E-state index contributed by atoms with van der Waals surface area (Å²) in [7, 11) is 0. The zero-order valence-corrected chi connectivity index (χ0v) is 12.0. The fourth-order valence-corrected chi connectivity index (χ4v) is 3.09. The van der Waals surface area contributed by atoms with Crippen molar-refractivity contribution in [3.63, 3.8) is 0 Å². The number of benzene rings is 1. The summed E-state index contributed by atoms with van der Waals surface area (Å²) in [5, 5.41) is 0. The lowest BCUT2D eigenvalue weighted by molar-refractivity contribution is -0.0799. The number of hydrogen-bond acceptors (Lipinski definition) is 5. The summed E-state index contributed by atoms with van der Waals surface area (Å²) in [5.41, 5.74) is 7.20. The molecule has 20 heavy (non-hydrogen) atoms. The second-order valence-electron chi connectivity index (χ2n) is 5.58. The number of rotatable bonds is 3. The molecule has 2 N–H and O–H groups in total. The van der Waals surface area contributed by atoms with E-state index in [1.165, 1.54) is 5.56 Å². The molecule has 2 aliphatic rings. The molecule has 0 amide bonds. The molecule has 3 rings (SSSR count). The molecule has 0 aliphatic carbocycles. The lowest BCUT2D eigenvalue weighted by Gasteiger charge is -2.40. The van der Waals surface area contributed by atoms with E-state index in [4.69, 9.17) is 19.9 Å². The lowest BCUT2D eigenvalue weighted by Crippen LogP contribution is -2.48. The van der Waals surface area contributed by atoms with E-state index in [0.29, 0.717) is 13.3 Å². The van der Waals surface area contributed by atoms with Crippen molar-refractivity contribution in [2.75, 3.05) is 26.4 Å². The van der Waals surface area contributed by atoms with Gasteiger partial charge in [-0.15, -0.1) is 0 Å². The Labute approximate surface area is 119 Å². The molecule has 0 radical (unpaired) electrons. The zero-order chi connectivity index (χ0) is 14.1. The molecule has 0 aromatic heterocycles. The molecule has 0 bridgehead atoms. The molecule has 1 saturated heterocycles. The third kappa shape index (κ3) is 2.61. The monoisotopic (exact) mass is 278 g/mol. The number of hydrogen-bond donors (Lipinski definition) is 1. The number of morpholine rings is 1. The summed E-state index contributed by atoms with van der Waals surface area (Å²) < 4.78 is 16.6. The standard InChI is InChI=1S/C15H22N2O3/c1-10-7-17(8-11(2)20-10)13(6-16)12-3-4-14-15(5-12)19-9-18-14/h3-5,10-11,13H,6-9,16H2,1-2H3/t10-,11+,13?. The molecule has 0 spiro atoms. The van der Waals surface area contributed by atoms with E-state index in [0.717, 1.165) is 24.6 Å². The van der Waals surface area contributed by atoms with E-state index in [9.17, 15) is 0 Å². The fourth-order valence-electron chi connectivity index (χ4n) is 3.09. The quantitative estimate of drug-likeness (QED) is 0.908. The molecule has 2 aliphatic heterocycles. The molecule has 1 aromatic rings. The van der Waals surface area contributed by atoms with Gasteiger partial charge < -0.3 is 19.9 Å². The van der Waals surface area contributed by atoms with Gasteiger partial charge in [-0.3, -0.25) is 4.90 Å². The van der Waals surface area contributed by atoms with E-state index in [1.807, 2.05) is 12.1 Å². The SMILES string of the molecule is C[C@@H]1CN(C(CN)c2ccc3c(c2)OCO3)C[C@H](C)O1. The first-order valence-corrected chi connectivity index (χ1v) is 7.16. The molecule has 1 unspecified atom stereocenters. The molecular formula is C15H22N2O3. The predicted octanol–water partition coefficient (Wildman–Crippen LogP) is 1.52. The van der Waals surface area contributed by atoms with Crippen LogP contribution in [0.2, 0.25) is 0 Å². The highest BCUT2D eigenvalue weighted by Crippen LogP contribution is 2.35. The molecule has 1 aromatic carbocycles. The maximum atomic E-state index is 6.02. The van der Waals surface area contributed by atoms with Crippen molar-refractivity contribution in [2.24, 2.45) is 5.73 Å². The van der Waals surface area contributed by atoms with Crippen molar-refractivity contribution in [1.29, 1.82) is 0 Å². The van der Waals surface area contributed by atoms with Crippen LogP contribution in [0.15, 0.2) is 18.2 Å². The van der Waals surface area contributed by atoms with Crippen molar-refractivity contribution in [2.45, 2.75) is 32.1 Å². The summed E-state index contributed by atoms with van der Waals surface area (Å²) >= 11 is 0. The van der Waals surface area contributed by atoms with Gasteiger partial charge in [-0.05, 0) is 31.5 Å². The highest BCUT2D eigenvalue weighted by molar-refractivity contribution is 5.45. The summed E-state index contributed by atoms with van der Waals surface area (Å²) in [5.74, 6) is 1.63. The Hall–Kier alpha value is -1.30. The van der Waals surface area contributed by atoms with Gasteiger partial charge in [0.05, 0.1) is 12.2 Å². The average molecular weight is 278 g/mol. The van der Waals surface area contributed by atoms with Gasteiger partial charge >= 0.3 is 0 Å². The molecular weight excluding hydrogens is 256 g/mol. The molecule has 5 heteroatoms. The van der Waals surface area contributed by atoms with Gasteiger partial charge in [0.15, 0.2) is 11.5 Å². The second-order valence-corrected chi connectivity index (χ2v) is 5.58. The van der Waals surface area contributed by atoms with E-state index in [-0.39, 0.29) is 18.2 Å². The average Bonchev–Trinajstić information content (AvgIpc) is 2.86. The van der Waals surface area contributed by atoms with Crippen LogP contribution in [0.4, 0.5) is 0 Å². The maximum Gasteiger partial charge on any atom is 0.231 e. The maximum absolute atomic E-state index is 6.02. The van der Waals surface area contributed by atoms with Crippen LogP contribution in [0.5, 0.6) is 11.5 Å². The van der Waals surface area contributed by atoms with Gasteiger partial charge in [-0.1, -0.05) is 6.07 Å². The molecule has 110 valence electrons. The van der Waals surface area contributed by atoms with Crippen LogP contribution >= 0.6 is 0 Å². The van der Waals surface area contributed by atoms with Crippen molar-refractivity contribution in [3.05, 3.63) is 23.8 Å². The van der Waals surface area contributed by atoms with E-state index in [2.05, 4.69) is 24.8 Å². The Morgan fingerprint density at radius 3 is 2.60 bits per heavy atom. The van der Waals surface area contributed by atoms with Gasteiger partial charge in [0.2, 0.25) is 6.79 Å². The minimum absolute atomic E-state index is 0.193. The van der Waals surface area contributed by atoms with Crippen LogP contribution in [0, 0.1) is 0 Å². The van der Waals surface area contributed by atoms with Crippen molar-refractivity contribution in [1.82, 2.24) is 4.90 Å². The highest BCUT2D eigenvalue weighted by Gasteiger charge is 2.29. The highest BCUT2D eigenvalue weighted by atomic mass is 16.7. The minimum Gasteiger partial charge on any atom is -0.454 e. The smallest absolute Gasteiger partial charge is 0.231 e. The van der Waals surface area contributed by atoms with Crippen LogP contribution in [0.1, 0.15) is 25.5 Å². The van der Waals surface area contributed by atoms with Crippen LogP contribution in [0.3, 0.4) is 0 Å². The van der Waals surface area contributed by atoms with Crippen LogP contribution in [0.25, 0.3) is 0 Å². The first-order valence-electron chi connectivity index (χ1n) is 7.16. The van der Waals surface area contributed by atoms with Gasteiger partial charge in [-0.2, -0.15) is 0 Å². The molecule has 3 atom stereocenters. The lowest BCUT2D eigenvalue weighted by atomic mass is 10.0. The number of nitrogens with zero attached hydrogens (tertiary/aromatic N) is 1. The van der Waals surface area contributed by atoms with Crippen molar-refractivity contribution in [3.8, 4) is 11.5 Å². The van der Waals surface area contributed by atoms with E-state index in [1.54, 1.807) is 0 Å². The van der Waals surface area contributed by atoms with Gasteiger partial charge in [0, 0.05) is 25.7 Å². The molecule has 0 saturated carbocycles. The van der Waals surface area contributed by atoms with Gasteiger partial charge in [0.1, 0.15) is 0 Å². The second kappa shape index (κ2) is 5.60. The predicted molar refractivity (Wildman–Crippen MR) is 75.9 cm³/mol. The van der Waals surface area contributed by atoms with Crippen molar-refractivity contribution >= 4 is 0 Å². The van der Waals surface area contributed by atoms with Crippen LogP contribution < -0.4 is 15.2 Å². The third-order valence-corrected chi connectivity index (χ3v) is 3.89. The Morgan fingerprint density at radius 2 is 1.90 bits per heavy atom. The zero-order valence-electron chi connectivity index (χ0n) is 12.0. The first-order chi connectivity index (χ1) is 9.67. The Bertz CT molecular complexity index is 470. The summed E-state index contributed by atoms with van der Waals surface area (Å²) in [4.78, 5) is 2.40. The number of fused-ring (bicyclic) bond motifs is 1. The molecule has 1 fully saturated rings. The fraction of sp³-hybridized carbons (Fsp3) is 0.600. The van der Waals surface area contributed by atoms with Gasteiger partial charge in [-0.25, -0.2) is 0 Å². The Balaban J connectivity index is 1.82. The minimum atomic E-state index is 0.193. The summed E-state index contributed by atoms with van der Waals surface area (Å²) in [6.07, 6.45) is 0.476. The van der Waals surface area contributed by atoms with E-state index < -0.39 is 0 Å². The first kappa shape index (κ1) is 13.7. The van der Waals surface area contributed by atoms with Crippen molar-refractivity contribution < 1.29 is 14.2 Å². The Morgan fingerprint density at radius 1 is 1.20 bits per heavy atom. The third-order valence-electron chi connectivity index (χ3n) is 3.89. The molecule has 2 heterocycles. The normalized spacial score (nSPS) is 27.6. The topological polar surface area (TPSA) is 57.0 Å². The van der Waals surface area contributed by atoms with Crippen LogP contribution in [-0.2, 0) is 4.74 Å². The largest absolute Gasteiger partial charge is 0.454 e. The number of ether oxygens (including phenoxy) is 3.